The van der Waals surface area contributed by atoms with Gasteiger partial charge in [-0.1, -0.05) is 31.5 Å². The Balaban J connectivity index is 2.65. The third kappa shape index (κ3) is 7.04. The highest BCUT2D eigenvalue weighted by molar-refractivity contribution is 6.31. The van der Waals surface area contributed by atoms with E-state index in [1.165, 1.54) is 36.5 Å². The maximum atomic E-state index is 13.9. The van der Waals surface area contributed by atoms with Crippen molar-refractivity contribution in [2.24, 2.45) is 16.8 Å². The summed E-state index contributed by atoms with van der Waals surface area (Å²) in [7, 11) is 1.56. The molecule has 0 saturated heterocycles. The summed E-state index contributed by atoms with van der Waals surface area (Å²) < 4.78 is 13.9. The van der Waals surface area contributed by atoms with Crippen LogP contribution >= 0.6 is 11.6 Å². The highest BCUT2D eigenvalue weighted by Crippen LogP contribution is 2.30. The number of hydrogen-bond donors (Lipinski definition) is 3. The monoisotopic (exact) mass is 483 g/mol. The number of amides is 1. The van der Waals surface area contributed by atoms with Gasteiger partial charge in [-0.25, -0.2) is 4.39 Å². The predicted octanol–water partition coefficient (Wildman–Crippen LogP) is 4.47. The summed E-state index contributed by atoms with van der Waals surface area (Å²) in [6.07, 6.45) is 3.21. The largest absolute Gasteiger partial charge is 0.325 e. The number of rotatable bonds is 11. The van der Waals surface area contributed by atoms with Crippen molar-refractivity contribution < 1.29 is 14.0 Å². The molecular formula is C25H27ClFN5O2. The second kappa shape index (κ2) is 12.7. The van der Waals surface area contributed by atoms with Gasteiger partial charge < -0.3 is 21.0 Å². The zero-order valence-corrected chi connectivity index (χ0v) is 19.9. The zero-order valence-electron chi connectivity index (χ0n) is 19.2. The molecule has 2 rings (SSSR count). The molecule has 0 aromatic heterocycles. The molecule has 0 aliphatic heterocycles. The lowest BCUT2D eigenvalue weighted by Crippen LogP contribution is -2.48. The molecular weight excluding hydrogens is 457 g/mol. The van der Waals surface area contributed by atoms with Gasteiger partial charge in [-0.05, 0) is 48.4 Å². The smallest absolute Gasteiger partial charge is 0.233 e. The molecule has 34 heavy (non-hydrogen) atoms. The van der Waals surface area contributed by atoms with Gasteiger partial charge in [0.2, 0.25) is 5.91 Å². The van der Waals surface area contributed by atoms with Crippen molar-refractivity contribution in [1.29, 1.82) is 10.7 Å². The molecule has 0 heterocycles. The van der Waals surface area contributed by atoms with E-state index in [4.69, 9.17) is 17.0 Å². The molecule has 0 fully saturated rings. The predicted molar refractivity (Wildman–Crippen MR) is 133 cm³/mol. The summed E-state index contributed by atoms with van der Waals surface area (Å²) in [5.41, 5.74) is 0.887. The summed E-state index contributed by atoms with van der Waals surface area (Å²) in [5, 5.41) is 23.5. The molecule has 1 amide bonds. The quantitative estimate of drug-likeness (QED) is 0.323. The van der Waals surface area contributed by atoms with Crippen LogP contribution in [0.2, 0.25) is 5.02 Å². The lowest BCUT2D eigenvalue weighted by molar-refractivity contribution is -0.118. The number of benzene rings is 2. The zero-order chi connectivity index (χ0) is 25.3. The van der Waals surface area contributed by atoms with Crippen LogP contribution in [0.15, 0.2) is 41.4 Å². The van der Waals surface area contributed by atoms with Gasteiger partial charge in [-0.2, -0.15) is 5.26 Å². The fourth-order valence-electron chi connectivity index (χ4n) is 3.63. The van der Waals surface area contributed by atoms with E-state index in [1.54, 1.807) is 13.3 Å². The molecule has 2 aromatic rings. The van der Waals surface area contributed by atoms with E-state index in [1.807, 2.05) is 19.9 Å². The number of aldehydes is 1. The molecule has 0 spiro atoms. The van der Waals surface area contributed by atoms with Gasteiger partial charge in [-0.15, -0.1) is 0 Å². The van der Waals surface area contributed by atoms with E-state index in [0.717, 1.165) is 6.07 Å². The Kier molecular flexibility index (Phi) is 10.0. The maximum absolute atomic E-state index is 13.9. The van der Waals surface area contributed by atoms with Crippen molar-refractivity contribution in [3.63, 3.8) is 0 Å². The highest BCUT2D eigenvalue weighted by atomic mass is 35.5. The molecule has 3 N–H and O–H groups in total. The number of nitrogens with one attached hydrogen (secondary N) is 3. The van der Waals surface area contributed by atoms with E-state index in [-0.39, 0.29) is 22.1 Å². The van der Waals surface area contributed by atoms with E-state index in [0.29, 0.717) is 24.1 Å². The number of nitriles is 1. The number of carbonyl (C=O) groups is 2. The lowest BCUT2D eigenvalue weighted by atomic mass is 9.81. The van der Waals surface area contributed by atoms with Gasteiger partial charge in [0, 0.05) is 47.7 Å². The Labute approximate surface area is 203 Å². The Hall–Kier alpha value is -3.41. The van der Waals surface area contributed by atoms with Crippen molar-refractivity contribution in [2.75, 3.05) is 18.9 Å². The van der Waals surface area contributed by atoms with Crippen molar-refractivity contribution >= 4 is 41.9 Å². The first-order valence-corrected chi connectivity index (χ1v) is 11.0. The Bertz CT molecular complexity index is 1110. The first-order valence-electron chi connectivity index (χ1n) is 10.7. The number of hydrogen-bond acceptors (Lipinski definition) is 6. The molecule has 3 atom stereocenters. The first kappa shape index (κ1) is 26.8. The first-order chi connectivity index (χ1) is 16.2. The summed E-state index contributed by atoms with van der Waals surface area (Å²) in [6, 6.07) is 9.40. The molecule has 0 saturated carbocycles. The Morgan fingerprint density at radius 3 is 2.62 bits per heavy atom. The average molecular weight is 484 g/mol. The van der Waals surface area contributed by atoms with Gasteiger partial charge in [0.25, 0.3) is 0 Å². The van der Waals surface area contributed by atoms with Gasteiger partial charge >= 0.3 is 0 Å². The molecule has 9 heteroatoms. The molecule has 0 radical (unpaired) electrons. The minimum atomic E-state index is -1.01. The van der Waals surface area contributed by atoms with Gasteiger partial charge in [0.15, 0.2) is 0 Å². The number of anilines is 1. The van der Waals surface area contributed by atoms with E-state index in [2.05, 4.69) is 15.6 Å². The molecule has 2 aromatic carbocycles. The van der Waals surface area contributed by atoms with Crippen LogP contribution in [0.3, 0.4) is 0 Å². The fourth-order valence-corrected chi connectivity index (χ4v) is 3.87. The van der Waals surface area contributed by atoms with E-state index in [9.17, 15) is 19.2 Å². The molecule has 3 unspecified atom stereocenters. The SMILES string of the molecule is CN=CC(C=N)C(NCC(C)C)C(C(=O)Nc1cc(Cl)cc(C#N)c1)c1ccc(F)cc1C=O. The second-order valence-corrected chi connectivity index (χ2v) is 8.61. The molecule has 0 aliphatic carbocycles. The number of nitrogens with zero attached hydrogens (tertiary/aromatic N) is 2. The van der Waals surface area contributed by atoms with Crippen LogP contribution in [0.4, 0.5) is 10.1 Å². The summed E-state index contributed by atoms with van der Waals surface area (Å²) in [5.74, 6) is -2.50. The normalized spacial score (nSPS) is 13.8. The van der Waals surface area contributed by atoms with Crippen LogP contribution in [0.5, 0.6) is 0 Å². The van der Waals surface area contributed by atoms with Crippen LogP contribution in [0.25, 0.3) is 0 Å². The Morgan fingerprint density at radius 1 is 1.29 bits per heavy atom. The summed E-state index contributed by atoms with van der Waals surface area (Å²) in [4.78, 5) is 29.5. The summed E-state index contributed by atoms with van der Waals surface area (Å²) in [6.45, 7) is 4.51. The van der Waals surface area contributed by atoms with Crippen LogP contribution < -0.4 is 10.6 Å². The molecule has 0 bridgehead atoms. The maximum Gasteiger partial charge on any atom is 0.233 e. The average Bonchev–Trinajstić information content (AvgIpc) is 2.80. The molecule has 7 nitrogen and oxygen atoms in total. The van der Waals surface area contributed by atoms with Crippen molar-refractivity contribution in [3.8, 4) is 6.07 Å². The van der Waals surface area contributed by atoms with E-state index < -0.39 is 29.6 Å². The second-order valence-electron chi connectivity index (χ2n) is 8.18. The minimum absolute atomic E-state index is 0.0254. The van der Waals surface area contributed by atoms with Gasteiger partial charge in [0.1, 0.15) is 12.1 Å². The van der Waals surface area contributed by atoms with Gasteiger partial charge in [-0.3, -0.25) is 9.59 Å². The third-order valence-corrected chi connectivity index (χ3v) is 5.36. The summed E-state index contributed by atoms with van der Waals surface area (Å²) >= 11 is 6.09. The van der Waals surface area contributed by atoms with Crippen molar-refractivity contribution in [3.05, 3.63) is 63.9 Å². The highest BCUT2D eigenvalue weighted by Gasteiger charge is 2.36. The fraction of sp³-hybridized carbons (Fsp3) is 0.320. The van der Waals surface area contributed by atoms with Crippen LogP contribution in [0.1, 0.15) is 41.3 Å². The van der Waals surface area contributed by atoms with Crippen LogP contribution in [-0.2, 0) is 4.79 Å². The standard InChI is InChI=1S/C25H27ClFN5O2/c1-15(2)12-31-24(18(11-29)13-30-3)23(22-5-4-20(27)8-17(22)14-33)25(34)32-21-7-16(10-28)6-19(26)9-21/h4-9,11,13-15,18,23-24,29,31H,12H2,1-3H3,(H,32,34). The van der Waals surface area contributed by atoms with Crippen LogP contribution in [-0.4, -0.2) is 44.3 Å². The van der Waals surface area contributed by atoms with E-state index >= 15 is 0 Å². The number of carbonyl (C=O) groups excluding carboxylic acids is 2. The van der Waals surface area contributed by atoms with Crippen molar-refractivity contribution in [2.45, 2.75) is 25.8 Å². The number of halogens is 2. The van der Waals surface area contributed by atoms with Crippen LogP contribution in [0, 0.1) is 34.4 Å². The van der Waals surface area contributed by atoms with Crippen molar-refractivity contribution in [1.82, 2.24) is 5.32 Å². The molecule has 0 aliphatic rings. The number of aliphatic imine (C=N–C) groups is 1. The van der Waals surface area contributed by atoms with Gasteiger partial charge in [0.05, 0.1) is 17.6 Å². The minimum Gasteiger partial charge on any atom is -0.325 e. The topological polar surface area (TPSA) is 118 Å². The Morgan fingerprint density at radius 2 is 2.03 bits per heavy atom. The molecule has 178 valence electrons. The lowest BCUT2D eigenvalue weighted by Gasteiger charge is -2.32. The third-order valence-electron chi connectivity index (χ3n) is 5.14.